The number of carboxylic acid groups (broad SMARTS) is 1. The van der Waals surface area contributed by atoms with Crippen molar-refractivity contribution in [1.82, 2.24) is 4.98 Å². The predicted octanol–water partition coefficient (Wildman–Crippen LogP) is 1.00. The van der Waals surface area contributed by atoms with E-state index in [-0.39, 0.29) is 0 Å². The fourth-order valence-electron chi connectivity index (χ4n) is 1.99. The van der Waals surface area contributed by atoms with Crippen LogP contribution in [0.15, 0.2) is 12.1 Å². The van der Waals surface area contributed by atoms with Gasteiger partial charge in [-0.05, 0) is 25.0 Å². The number of carbonyl (C=O) groups is 1. The van der Waals surface area contributed by atoms with Gasteiger partial charge < -0.3 is 15.2 Å². The minimum absolute atomic E-state index is 0.524. The van der Waals surface area contributed by atoms with E-state index in [9.17, 15) is 4.79 Å². The number of carboxylic acids is 1. The first-order chi connectivity index (χ1) is 7.72. The third kappa shape index (κ3) is 1.24. The number of aromatic nitrogens is 1. The fraction of sp³-hybridized carbons (Fsp3) is 0.455. The van der Waals surface area contributed by atoms with Crippen molar-refractivity contribution in [3.05, 3.63) is 17.8 Å². The van der Waals surface area contributed by atoms with E-state index < -0.39 is 11.4 Å². The molecule has 1 aliphatic heterocycles. The third-order valence-electron chi connectivity index (χ3n) is 3.17. The lowest BCUT2D eigenvalue weighted by Crippen LogP contribution is -2.23. The molecule has 0 aromatic carbocycles. The van der Waals surface area contributed by atoms with E-state index in [1.165, 1.54) is 0 Å². The molecule has 16 heavy (non-hydrogen) atoms. The number of aliphatic carboxylic acids is 1. The van der Waals surface area contributed by atoms with Gasteiger partial charge in [0.05, 0.1) is 11.4 Å². The SMILES string of the molecule is O=C(O)C1(c2ccc3c(n2)OCCN3)CC1. The van der Waals surface area contributed by atoms with E-state index >= 15 is 0 Å². The van der Waals surface area contributed by atoms with Gasteiger partial charge in [0, 0.05) is 6.54 Å². The second-order valence-corrected chi connectivity index (χ2v) is 4.21. The molecule has 84 valence electrons. The Balaban J connectivity index is 2.00. The highest BCUT2D eigenvalue weighted by Gasteiger charge is 2.53. The molecule has 1 fully saturated rings. The van der Waals surface area contributed by atoms with Crippen LogP contribution in [0.1, 0.15) is 18.5 Å². The molecule has 0 bridgehead atoms. The van der Waals surface area contributed by atoms with Crippen LogP contribution < -0.4 is 10.1 Å². The second kappa shape index (κ2) is 3.10. The van der Waals surface area contributed by atoms with Gasteiger partial charge in [0.25, 0.3) is 0 Å². The maximum atomic E-state index is 11.2. The minimum atomic E-state index is -0.788. The molecule has 1 aromatic rings. The number of nitrogens with one attached hydrogen (secondary N) is 1. The lowest BCUT2D eigenvalue weighted by Gasteiger charge is -2.19. The highest BCUT2D eigenvalue weighted by Crippen LogP contribution is 2.48. The van der Waals surface area contributed by atoms with E-state index in [2.05, 4.69) is 10.3 Å². The summed E-state index contributed by atoms with van der Waals surface area (Å²) in [5, 5.41) is 12.3. The third-order valence-corrected chi connectivity index (χ3v) is 3.17. The van der Waals surface area contributed by atoms with Crippen molar-refractivity contribution in [2.45, 2.75) is 18.3 Å². The molecule has 1 aliphatic carbocycles. The van der Waals surface area contributed by atoms with Crippen molar-refractivity contribution < 1.29 is 14.6 Å². The number of ether oxygens (including phenoxy) is 1. The van der Waals surface area contributed by atoms with Gasteiger partial charge in [-0.15, -0.1) is 0 Å². The zero-order valence-corrected chi connectivity index (χ0v) is 8.69. The molecule has 0 atom stereocenters. The first kappa shape index (κ1) is 9.45. The second-order valence-electron chi connectivity index (χ2n) is 4.21. The van der Waals surface area contributed by atoms with Crippen LogP contribution in [-0.2, 0) is 10.2 Å². The smallest absolute Gasteiger partial charge is 0.315 e. The Kier molecular flexibility index (Phi) is 1.83. The van der Waals surface area contributed by atoms with Crippen molar-refractivity contribution in [2.24, 2.45) is 0 Å². The lowest BCUT2D eigenvalue weighted by atomic mass is 10.0. The predicted molar refractivity (Wildman–Crippen MR) is 56.8 cm³/mol. The topological polar surface area (TPSA) is 71.5 Å². The maximum absolute atomic E-state index is 11.2. The molecule has 2 N–H and O–H groups in total. The van der Waals surface area contributed by atoms with Gasteiger partial charge in [0.2, 0.25) is 5.88 Å². The Hall–Kier alpha value is -1.78. The number of hydrogen-bond acceptors (Lipinski definition) is 4. The summed E-state index contributed by atoms with van der Waals surface area (Å²) in [7, 11) is 0. The average Bonchev–Trinajstić information content (AvgIpc) is 3.09. The normalized spacial score (nSPS) is 20.2. The van der Waals surface area contributed by atoms with Crippen molar-refractivity contribution in [2.75, 3.05) is 18.5 Å². The summed E-state index contributed by atoms with van der Waals surface area (Å²) >= 11 is 0. The van der Waals surface area contributed by atoms with Crippen molar-refractivity contribution in [1.29, 1.82) is 0 Å². The molecule has 3 rings (SSSR count). The van der Waals surface area contributed by atoms with Gasteiger partial charge in [0.1, 0.15) is 12.0 Å². The van der Waals surface area contributed by atoms with Crippen molar-refractivity contribution in [3.8, 4) is 5.88 Å². The monoisotopic (exact) mass is 220 g/mol. The van der Waals surface area contributed by atoms with Crippen LogP contribution in [0.25, 0.3) is 0 Å². The van der Waals surface area contributed by atoms with Gasteiger partial charge >= 0.3 is 5.97 Å². The summed E-state index contributed by atoms with van der Waals surface area (Å²) in [6.45, 7) is 1.33. The molecule has 0 saturated heterocycles. The maximum Gasteiger partial charge on any atom is 0.315 e. The van der Waals surface area contributed by atoms with E-state index in [0.29, 0.717) is 31.0 Å². The Morgan fingerprint density at radius 1 is 1.50 bits per heavy atom. The van der Waals surface area contributed by atoms with Gasteiger partial charge in [-0.1, -0.05) is 0 Å². The summed E-state index contributed by atoms with van der Waals surface area (Å²) in [4.78, 5) is 15.5. The van der Waals surface area contributed by atoms with Gasteiger partial charge in [-0.2, -0.15) is 0 Å². The van der Waals surface area contributed by atoms with E-state index in [1.807, 2.05) is 6.07 Å². The molecular weight excluding hydrogens is 208 g/mol. The number of anilines is 1. The Bertz CT molecular complexity index is 455. The Morgan fingerprint density at radius 3 is 3.00 bits per heavy atom. The van der Waals surface area contributed by atoms with Crippen LogP contribution in [0.5, 0.6) is 5.88 Å². The van der Waals surface area contributed by atoms with Crippen molar-refractivity contribution >= 4 is 11.7 Å². The minimum Gasteiger partial charge on any atom is -0.481 e. The highest BCUT2D eigenvalue weighted by molar-refractivity contribution is 5.84. The number of hydrogen-bond donors (Lipinski definition) is 2. The molecule has 2 heterocycles. The summed E-state index contributed by atoms with van der Waals surface area (Å²) in [6, 6.07) is 3.63. The summed E-state index contributed by atoms with van der Waals surface area (Å²) < 4.78 is 5.40. The van der Waals surface area contributed by atoms with Gasteiger partial charge in [-0.25, -0.2) is 4.98 Å². The van der Waals surface area contributed by atoms with Crippen LogP contribution in [-0.4, -0.2) is 29.2 Å². The molecule has 0 amide bonds. The quantitative estimate of drug-likeness (QED) is 0.778. The molecule has 1 aromatic heterocycles. The zero-order valence-electron chi connectivity index (χ0n) is 8.69. The van der Waals surface area contributed by atoms with E-state index in [0.717, 1.165) is 12.2 Å². The molecular formula is C11H12N2O3. The van der Waals surface area contributed by atoms with Crippen LogP contribution >= 0.6 is 0 Å². The standard InChI is InChI=1S/C11H12N2O3/c14-10(15)11(3-4-11)8-2-1-7-9(13-8)16-6-5-12-7/h1-2,12H,3-6H2,(H,14,15). The average molecular weight is 220 g/mol. The molecule has 0 unspecified atom stereocenters. The highest BCUT2D eigenvalue weighted by atomic mass is 16.5. The summed E-state index contributed by atoms with van der Waals surface area (Å²) in [6.07, 6.45) is 1.34. The largest absolute Gasteiger partial charge is 0.481 e. The van der Waals surface area contributed by atoms with Gasteiger partial charge in [-0.3, -0.25) is 4.79 Å². The number of pyridine rings is 1. The number of nitrogens with zero attached hydrogens (tertiary/aromatic N) is 1. The van der Waals surface area contributed by atoms with Crippen LogP contribution in [0.2, 0.25) is 0 Å². The van der Waals surface area contributed by atoms with Crippen LogP contribution in [0.3, 0.4) is 0 Å². The Morgan fingerprint density at radius 2 is 2.31 bits per heavy atom. The van der Waals surface area contributed by atoms with Crippen LogP contribution in [0, 0.1) is 0 Å². The van der Waals surface area contributed by atoms with Crippen LogP contribution in [0.4, 0.5) is 5.69 Å². The summed E-state index contributed by atoms with van der Waals surface area (Å²) in [5.41, 5.74) is 0.703. The van der Waals surface area contributed by atoms with Gasteiger partial charge in [0.15, 0.2) is 0 Å². The fourth-order valence-corrected chi connectivity index (χ4v) is 1.99. The molecule has 0 radical (unpaired) electrons. The molecule has 5 heteroatoms. The lowest BCUT2D eigenvalue weighted by molar-refractivity contribution is -0.140. The summed E-state index contributed by atoms with van der Waals surface area (Å²) in [5.74, 6) is -0.264. The molecule has 5 nitrogen and oxygen atoms in total. The van der Waals surface area contributed by atoms with E-state index in [4.69, 9.17) is 9.84 Å². The zero-order chi connectivity index (χ0) is 11.2. The molecule has 0 spiro atoms. The Labute approximate surface area is 92.4 Å². The number of fused-ring (bicyclic) bond motifs is 1. The first-order valence-corrected chi connectivity index (χ1v) is 5.34. The molecule has 1 saturated carbocycles. The number of rotatable bonds is 2. The molecule has 2 aliphatic rings. The van der Waals surface area contributed by atoms with Crippen molar-refractivity contribution in [3.63, 3.8) is 0 Å². The first-order valence-electron chi connectivity index (χ1n) is 5.34. The van der Waals surface area contributed by atoms with E-state index in [1.54, 1.807) is 6.07 Å².